The Labute approximate surface area is 163 Å². The van der Waals surface area contributed by atoms with Crippen molar-refractivity contribution in [3.05, 3.63) is 65.2 Å². The Balaban J connectivity index is 2.44. The van der Waals surface area contributed by atoms with Crippen LogP contribution in [0.4, 0.5) is 0 Å². The highest BCUT2D eigenvalue weighted by molar-refractivity contribution is 5.97. The highest BCUT2D eigenvalue weighted by atomic mass is 16.5. The van der Waals surface area contributed by atoms with E-state index in [4.69, 9.17) is 14.2 Å². The number of methoxy groups -OCH3 is 1. The van der Waals surface area contributed by atoms with Crippen LogP contribution in [0, 0.1) is 0 Å². The Bertz CT molecular complexity index is 834. The van der Waals surface area contributed by atoms with Crippen molar-refractivity contribution >= 4 is 17.8 Å². The fourth-order valence-corrected chi connectivity index (χ4v) is 2.59. The van der Waals surface area contributed by atoms with Crippen LogP contribution in [0.25, 0.3) is 0 Å². The summed E-state index contributed by atoms with van der Waals surface area (Å²) in [6, 6.07) is 11.9. The van der Waals surface area contributed by atoms with Crippen molar-refractivity contribution in [3.8, 4) is 5.75 Å². The summed E-state index contributed by atoms with van der Waals surface area (Å²) < 4.78 is 15.5. The maximum atomic E-state index is 12.6. The molecule has 0 bridgehead atoms. The van der Waals surface area contributed by atoms with Crippen LogP contribution in [0.15, 0.2) is 48.5 Å². The van der Waals surface area contributed by atoms with E-state index in [0.717, 1.165) is 0 Å². The summed E-state index contributed by atoms with van der Waals surface area (Å²) in [5, 5.41) is 2.66. The number of esters is 2. The van der Waals surface area contributed by atoms with Crippen LogP contribution in [0.3, 0.4) is 0 Å². The zero-order chi connectivity index (χ0) is 20.5. The van der Waals surface area contributed by atoms with Crippen molar-refractivity contribution in [2.45, 2.75) is 19.9 Å². The van der Waals surface area contributed by atoms with Gasteiger partial charge in [-0.25, -0.2) is 9.59 Å². The van der Waals surface area contributed by atoms with E-state index in [1.165, 1.54) is 19.2 Å². The number of hydrogen-bond donors (Lipinski definition) is 1. The number of rotatable bonds is 8. The molecule has 0 radical (unpaired) electrons. The number of ether oxygens (including phenoxy) is 3. The van der Waals surface area contributed by atoms with Gasteiger partial charge in [0.2, 0.25) is 0 Å². The number of amides is 1. The molecule has 2 aromatic rings. The van der Waals surface area contributed by atoms with E-state index >= 15 is 0 Å². The summed E-state index contributed by atoms with van der Waals surface area (Å²) in [6.07, 6.45) is 0. The van der Waals surface area contributed by atoms with Crippen LogP contribution < -0.4 is 10.1 Å². The van der Waals surface area contributed by atoms with Crippen molar-refractivity contribution < 1.29 is 28.6 Å². The summed E-state index contributed by atoms with van der Waals surface area (Å²) in [6.45, 7) is 3.72. The zero-order valence-electron chi connectivity index (χ0n) is 16.1. The van der Waals surface area contributed by atoms with Crippen LogP contribution in [-0.2, 0) is 14.3 Å². The molecule has 1 amide bonds. The lowest BCUT2D eigenvalue weighted by atomic mass is 10.0. The van der Waals surface area contributed by atoms with Gasteiger partial charge in [-0.2, -0.15) is 0 Å². The van der Waals surface area contributed by atoms with Crippen LogP contribution in [-0.4, -0.2) is 38.2 Å². The van der Waals surface area contributed by atoms with Gasteiger partial charge in [0.1, 0.15) is 5.75 Å². The van der Waals surface area contributed by atoms with Gasteiger partial charge in [0.25, 0.3) is 5.91 Å². The van der Waals surface area contributed by atoms with Gasteiger partial charge < -0.3 is 19.5 Å². The first-order valence-corrected chi connectivity index (χ1v) is 8.89. The molecule has 2 aromatic carbocycles. The molecule has 0 saturated carbocycles. The Morgan fingerprint density at radius 2 is 1.61 bits per heavy atom. The molecule has 0 aliphatic rings. The molecular formula is C21H23NO6. The van der Waals surface area contributed by atoms with E-state index in [-0.39, 0.29) is 18.8 Å². The van der Waals surface area contributed by atoms with Crippen LogP contribution in [0.1, 0.15) is 46.2 Å². The monoisotopic (exact) mass is 385 g/mol. The standard InChI is InChI=1S/C21H23NO6/c1-4-27-20(24)15-11-12-17(26-3)16(13-15)18(21(25)28-5-2)22-19(23)14-9-7-6-8-10-14/h6-13,18H,4-5H2,1-3H3,(H,22,23). The minimum absolute atomic E-state index is 0.135. The van der Waals surface area contributed by atoms with Crippen molar-refractivity contribution in [2.24, 2.45) is 0 Å². The molecule has 0 heterocycles. The van der Waals surface area contributed by atoms with E-state index in [2.05, 4.69) is 5.32 Å². The Morgan fingerprint density at radius 3 is 2.21 bits per heavy atom. The number of nitrogens with one attached hydrogen (secondary N) is 1. The molecular weight excluding hydrogens is 362 g/mol. The van der Waals surface area contributed by atoms with Gasteiger partial charge in [-0.1, -0.05) is 18.2 Å². The molecule has 0 aliphatic carbocycles. The molecule has 2 rings (SSSR count). The van der Waals surface area contributed by atoms with Gasteiger partial charge in [-0.05, 0) is 44.2 Å². The molecule has 0 fully saturated rings. The highest BCUT2D eigenvalue weighted by Crippen LogP contribution is 2.28. The topological polar surface area (TPSA) is 90.9 Å². The predicted octanol–water partition coefficient (Wildman–Crippen LogP) is 2.91. The van der Waals surface area contributed by atoms with Gasteiger partial charge >= 0.3 is 11.9 Å². The number of carbonyl (C=O) groups is 3. The van der Waals surface area contributed by atoms with Crippen molar-refractivity contribution in [1.29, 1.82) is 0 Å². The van der Waals surface area contributed by atoms with Gasteiger partial charge in [0.15, 0.2) is 6.04 Å². The van der Waals surface area contributed by atoms with E-state index in [9.17, 15) is 14.4 Å². The lowest BCUT2D eigenvalue weighted by Crippen LogP contribution is -2.35. The van der Waals surface area contributed by atoms with Gasteiger partial charge in [0.05, 0.1) is 25.9 Å². The largest absolute Gasteiger partial charge is 0.496 e. The second kappa shape index (κ2) is 10.1. The summed E-state index contributed by atoms with van der Waals surface area (Å²) in [5.41, 5.74) is 0.925. The SMILES string of the molecule is CCOC(=O)c1ccc(OC)c(C(NC(=O)c2ccccc2)C(=O)OCC)c1. The third kappa shape index (κ3) is 5.09. The zero-order valence-corrected chi connectivity index (χ0v) is 16.1. The second-order valence-electron chi connectivity index (χ2n) is 5.70. The molecule has 148 valence electrons. The molecule has 0 aliphatic heterocycles. The maximum Gasteiger partial charge on any atom is 0.338 e. The molecule has 1 atom stereocenters. The Morgan fingerprint density at radius 1 is 0.929 bits per heavy atom. The molecule has 7 heteroatoms. The minimum atomic E-state index is -1.16. The Kier molecular flexibility index (Phi) is 7.56. The molecule has 1 unspecified atom stereocenters. The van der Waals surface area contributed by atoms with E-state index < -0.39 is 23.9 Å². The minimum Gasteiger partial charge on any atom is -0.496 e. The average molecular weight is 385 g/mol. The smallest absolute Gasteiger partial charge is 0.338 e. The lowest BCUT2D eigenvalue weighted by molar-refractivity contribution is -0.145. The van der Waals surface area contributed by atoms with Crippen LogP contribution in [0.5, 0.6) is 5.75 Å². The summed E-state index contributed by atoms with van der Waals surface area (Å²) in [5.74, 6) is -1.32. The predicted molar refractivity (Wildman–Crippen MR) is 102 cm³/mol. The first-order chi connectivity index (χ1) is 13.5. The summed E-state index contributed by atoms with van der Waals surface area (Å²) >= 11 is 0. The fourth-order valence-electron chi connectivity index (χ4n) is 2.59. The van der Waals surface area contributed by atoms with Crippen LogP contribution >= 0.6 is 0 Å². The first-order valence-electron chi connectivity index (χ1n) is 8.89. The first kappa shape index (κ1) is 21.0. The molecule has 1 N–H and O–H groups in total. The molecule has 0 aromatic heterocycles. The second-order valence-corrected chi connectivity index (χ2v) is 5.70. The van der Waals surface area contributed by atoms with Crippen LogP contribution in [0.2, 0.25) is 0 Å². The molecule has 0 saturated heterocycles. The number of hydrogen-bond acceptors (Lipinski definition) is 6. The molecule has 7 nitrogen and oxygen atoms in total. The lowest BCUT2D eigenvalue weighted by Gasteiger charge is -2.20. The van der Waals surface area contributed by atoms with Gasteiger partial charge in [-0.3, -0.25) is 4.79 Å². The van der Waals surface area contributed by atoms with Gasteiger partial charge in [0, 0.05) is 11.1 Å². The summed E-state index contributed by atoms with van der Waals surface area (Å²) in [4.78, 5) is 37.3. The molecule has 28 heavy (non-hydrogen) atoms. The highest BCUT2D eigenvalue weighted by Gasteiger charge is 2.28. The normalized spacial score (nSPS) is 11.2. The number of carbonyl (C=O) groups excluding carboxylic acids is 3. The fraction of sp³-hybridized carbons (Fsp3) is 0.286. The third-order valence-electron chi connectivity index (χ3n) is 3.89. The number of benzene rings is 2. The average Bonchev–Trinajstić information content (AvgIpc) is 2.72. The Hall–Kier alpha value is -3.35. The quantitative estimate of drug-likeness (QED) is 0.703. The van der Waals surface area contributed by atoms with Crippen molar-refractivity contribution in [3.63, 3.8) is 0 Å². The van der Waals surface area contributed by atoms with Gasteiger partial charge in [-0.15, -0.1) is 0 Å². The van der Waals surface area contributed by atoms with Crippen molar-refractivity contribution in [2.75, 3.05) is 20.3 Å². The van der Waals surface area contributed by atoms with E-state index in [0.29, 0.717) is 16.9 Å². The summed E-state index contributed by atoms with van der Waals surface area (Å²) in [7, 11) is 1.43. The maximum absolute atomic E-state index is 12.6. The van der Waals surface area contributed by atoms with E-state index in [1.54, 1.807) is 50.2 Å². The van der Waals surface area contributed by atoms with E-state index in [1.807, 2.05) is 0 Å². The van der Waals surface area contributed by atoms with Crippen molar-refractivity contribution in [1.82, 2.24) is 5.32 Å². The third-order valence-corrected chi connectivity index (χ3v) is 3.89. The molecule has 0 spiro atoms.